The normalized spacial score (nSPS) is 13.9. The number of aliphatic hydroxyl groups is 1. The molecule has 0 bridgehead atoms. The van der Waals surface area contributed by atoms with Crippen LogP contribution in [0.15, 0.2) is 12.7 Å². The Hall–Kier alpha value is -0.550. The van der Waals surface area contributed by atoms with Crippen molar-refractivity contribution in [3.8, 4) is 0 Å². The maximum Gasteiger partial charge on any atom is 0.411 e. The first-order valence-electron chi connectivity index (χ1n) is 4.89. The van der Waals surface area contributed by atoms with E-state index in [0.717, 1.165) is 12.8 Å². The third-order valence-electron chi connectivity index (χ3n) is 1.81. The molecule has 0 saturated heterocycles. The van der Waals surface area contributed by atoms with Crippen LogP contribution >= 0.6 is 0 Å². The van der Waals surface area contributed by atoms with Crippen LogP contribution in [-0.2, 0) is 4.74 Å². The zero-order valence-electron chi connectivity index (χ0n) is 8.59. The van der Waals surface area contributed by atoms with Crippen molar-refractivity contribution in [2.45, 2.75) is 38.0 Å². The van der Waals surface area contributed by atoms with Crippen LogP contribution in [0.1, 0.15) is 25.7 Å². The van der Waals surface area contributed by atoms with Gasteiger partial charge in [0.05, 0.1) is 6.10 Å². The van der Waals surface area contributed by atoms with Gasteiger partial charge in [-0.1, -0.05) is 6.08 Å². The molecule has 0 heterocycles. The zero-order chi connectivity index (χ0) is 11.7. The lowest BCUT2D eigenvalue weighted by Gasteiger charge is -2.11. The van der Waals surface area contributed by atoms with Crippen molar-refractivity contribution >= 4 is 0 Å². The summed E-state index contributed by atoms with van der Waals surface area (Å²) in [6.07, 6.45) is -0.710. The van der Waals surface area contributed by atoms with Crippen molar-refractivity contribution in [2.75, 3.05) is 13.2 Å². The van der Waals surface area contributed by atoms with Crippen LogP contribution in [0.25, 0.3) is 0 Å². The minimum absolute atomic E-state index is 0.0607. The average Bonchev–Trinajstić information content (AvgIpc) is 2.11. The van der Waals surface area contributed by atoms with Crippen LogP contribution in [-0.4, -0.2) is 30.6 Å². The van der Waals surface area contributed by atoms with Gasteiger partial charge in [0.2, 0.25) is 0 Å². The van der Waals surface area contributed by atoms with E-state index in [1.807, 2.05) is 0 Å². The van der Waals surface area contributed by atoms with E-state index in [9.17, 15) is 18.3 Å². The van der Waals surface area contributed by atoms with Gasteiger partial charge >= 0.3 is 6.18 Å². The molecule has 0 aromatic heterocycles. The second-order valence-corrected chi connectivity index (χ2v) is 3.33. The number of hydrogen-bond acceptors (Lipinski definition) is 2. The number of aliphatic hydroxyl groups excluding tert-OH is 1. The van der Waals surface area contributed by atoms with Gasteiger partial charge in [-0.15, -0.1) is 6.58 Å². The van der Waals surface area contributed by atoms with E-state index in [4.69, 9.17) is 0 Å². The largest absolute Gasteiger partial charge is 0.411 e. The Balaban J connectivity index is 3.31. The number of rotatable bonds is 8. The fourth-order valence-electron chi connectivity index (χ4n) is 1.05. The standard InChI is InChI=1S/C10H17F3O2/c1-2-3-4-5-9(14)6-7-15-8-10(11,12)13/h2,9,14H,1,3-8H2. The van der Waals surface area contributed by atoms with Crippen molar-refractivity contribution in [1.29, 1.82) is 0 Å². The minimum Gasteiger partial charge on any atom is -0.393 e. The molecule has 0 fully saturated rings. The lowest BCUT2D eigenvalue weighted by atomic mass is 10.1. The fourth-order valence-corrected chi connectivity index (χ4v) is 1.05. The Bertz CT molecular complexity index is 169. The second-order valence-electron chi connectivity index (χ2n) is 3.33. The molecular weight excluding hydrogens is 209 g/mol. The third-order valence-corrected chi connectivity index (χ3v) is 1.81. The Kier molecular flexibility index (Phi) is 7.42. The van der Waals surface area contributed by atoms with E-state index in [0.29, 0.717) is 6.42 Å². The van der Waals surface area contributed by atoms with Crippen molar-refractivity contribution in [3.63, 3.8) is 0 Å². The summed E-state index contributed by atoms with van der Waals surface area (Å²) >= 11 is 0. The van der Waals surface area contributed by atoms with Gasteiger partial charge < -0.3 is 9.84 Å². The number of hydrogen-bond donors (Lipinski definition) is 1. The van der Waals surface area contributed by atoms with E-state index in [2.05, 4.69) is 11.3 Å². The number of ether oxygens (including phenoxy) is 1. The van der Waals surface area contributed by atoms with E-state index < -0.39 is 18.9 Å². The summed E-state index contributed by atoms with van der Waals surface area (Å²) in [5.74, 6) is 0. The number of alkyl halides is 3. The molecule has 90 valence electrons. The molecule has 2 nitrogen and oxygen atoms in total. The molecule has 0 aliphatic carbocycles. The van der Waals surface area contributed by atoms with Crippen LogP contribution in [0.4, 0.5) is 13.2 Å². The van der Waals surface area contributed by atoms with Gasteiger partial charge in [-0.2, -0.15) is 13.2 Å². The second kappa shape index (κ2) is 7.70. The van der Waals surface area contributed by atoms with Gasteiger partial charge in [-0.05, 0) is 25.7 Å². The van der Waals surface area contributed by atoms with E-state index in [1.54, 1.807) is 6.08 Å². The highest BCUT2D eigenvalue weighted by Gasteiger charge is 2.27. The Labute approximate surface area is 87.7 Å². The molecule has 0 saturated carbocycles. The molecule has 1 atom stereocenters. The van der Waals surface area contributed by atoms with Gasteiger partial charge in [-0.25, -0.2) is 0 Å². The van der Waals surface area contributed by atoms with Crippen molar-refractivity contribution < 1.29 is 23.0 Å². The molecule has 0 aromatic rings. The summed E-state index contributed by atoms with van der Waals surface area (Å²) in [7, 11) is 0. The molecular formula is C10H17F3O2. The van der Waals surface area contributed by atoms with Crippen molar-refractivity contribution in [2.24, 2.45) is 0 Å². The van der Waals surface area contributed by atoms with Crippen LogP contribution in [0.3, 0.4) is 0 Å². The van der Waals surface area contributed by atoms with Gasteiger partial charge in [0.25, 0.3) is 0 Å². The molecule has 15 heavy (non-hydrogen) atoms. The van der Waals surface area contributed by atoms with E-state index in [-0.39, 0.29) is 13.0 Å². The van der Waals surface area contributed by atoms with Crippen LogP contribution in [0.5, 0.6) is 0 Å². The number of unbranched alkanes of at least 4 members (excludes halogenated alkanes) is 1. The van der Waals surface area contributed by atoms with E-state index in [1.165, 1.54) is 0 Å². The molecule has 1 unspecified atom stereocenters. The summed E-state index contributed by atoms with van der Waals surface area (Å²) in [5.41, 5.74) is 0. The monoisotopic (exact) mass is 226 g/mol. The zero-order valence-corrected chi connectivity index (χ0v) is 8.59. The molecule has 5 heteroatoms. The maximum atomic E-state index is 11.6. The van der Waals surface area contributed by atoms with Crippen LogP contribution in [0.2, 0.25) is 0 Å². The highest BCUT2D eigenvalue weighted by atomic mass is 19.4. The van der Waals surface area contributed by atoms with E-state index >= 15 is 0 Å². The summed E-state index contributed by atoms with van der Waals surface area (Å²) < 4.78 is 39.3. The predicted octanol–water partition coefficient (Wildman–Crippen LogP) is 2.67. The molecule has 0 radical (unpaired) electrons. The lowest BCUT2D eigenvalue weighted by molar-refractivity contribution is -0.175. The van der Waals surface area contributed by atoms with Crippen LogP contribution in [0, 0.1) is 0 Å². The first kappa shape index (κ1) is 14.5. The summed E-state index contributed by atoms with van der Waals surface area (Å²) in [6, 6.07) is 0. The summed E-state index contributed by atoms with van der Waals surface area (Å²) in [5, 5.41) is 9.31. The molecule has 0 aliphatic heterocycles. The predicted molar refractivity (Wildman–Crippen MR) is 51.5 cm³/mol. The summed E-state index contributed by atoms with van der Waals surface area (Å²) in [4.78, 5) is 0. The molecule has 0 amide bonds. The first-order valence-corrected chi connectivity index (χ1v) is 4.89. The fraction of sp³-hybridized carbons (Fsp3) is 0.800. The molecule has 1 N–H and O–H groups in total. The van der Waals surface area contributed by atoms with Crippen LogP contribution < -0.4 is 0 Å². The topological polar surface area (TPSA) is 29.5 Å². The molecule has 0 aromatic carbocycles. The van der Waals surface area contributed by atoms with Gasteiger partial charge in [0, 0.05) is 6.61 Å². The average molecular weight is 226 g/mol. The number of allylic oxidation sites excluding steroid dienone is 1. The SMILES string of the molecule is C=CCCCC(O)CCOCC(F)(F)F. The molecule has 0 aliphatic rings. The Morgan fingerprint density at radius 1 is 1.33 bits per heavy atom. The third kappa shape index (κ3) is 11.4. The quantitative estimate of drug-likeness (QED) is 0.509. The first-order chi connectivity index (χ1) is 6.95. The molecule has 0 rings (SSSR count). The molecule has 0 spiro atoms. The number of halogens is 3. The summed E-state index contributed by atoms with van der Waals surface area (Å²) in [6.45, 7) is 2.22. The highest BCUT2D eigenvalue weighted by molar-refractivity contribution is 4.67. The smallest absolute Gasteiger partial charge is 0.393 e. The van der Waals surface area contributed by atoms with Gasteiger partial charge in [0.1, 0.15) is 6.61 Å². The van der Waals surface area contributed by atoms with Crippen molar-refractivity contribution in [1.82, 2.24) is 0 Å². The highest BCUT2D eigenvalue weighted by Crippen LogP contribution is 2.14. The lowest BCUT2D eigenvalue weighted by Crippen LogP contribution is -2.19. The van der Waals surface area contributed by atoms with Crippen molar-refractivity contribution in [3.05, 3.63) is 12.7 Å². The minimum atomic E-state index is -4.28. The Morgan fingerprint density at radius 3 is 2.53 bits per heavy atom. The van der Waals surface area contributed by atoms with Gasteiger partial charge in [0.15, 0.2) is 0 Å². The Morgan fingerprint density at radius 2 is 2.00 bits per heavy atom. The van der Waals surface area contributed by atoms with Gasteiger partial charge in [-0.3, -0.25) is 0 Å². The maximum absolute atomic E-state index is 11.6.